The number of rotatable bonds is 6. The van der Waals surface area contributed by atoms with Gasteiger partial charge in [0.05, 0.1) is 19.4 Å². The average molecular weight is 412 g/mol. The highest BCUT2D eigenvalue weighted by molar-refractivity contribution is 6.30. The number of benzene rings is 2. The van der Waals surface area contributed by atoms with Gasteiger partial charge in [-0.1, -0.05) is 11.6 Å². The first kappa shape index (κ1) is 19.5. The number of nitrogens with one attached hydrogen (secondary N) is 1. The lowest BCUT2D eigenvalue weighted by Crippen LogP contribution is -2.36. The summed E-state index contributed by atoms with van der Waals surface area (Å²) in [5.74, 6) is 1.12. The first-order valence-electron chi connectivity index (χ1n) is 9.61. The van der Waals surface area contributed by atoms with Gasteiger partial charge in [-0.2, -0.15) is 0 Å². The quantitative estimate of drug-likeness (QED) is 0.651. The van der Waals surface area contributed by atoms with E-state index in [0.29, 0.717) is 29.5 Å². The van der Waals surface area contributed by atoms with Gasteiger partial charge >= 0.3 is 0 Å². The Bertz CT molecular complexity index is 948. The van der Waals surface area contributed by atoms with Crippen molar-refractivity contribution in [1.82, 2.24) is 4.98 Å². The maximum absolute atomic E-state index is 12.3. The lowest BCUT2D eigenvalue weighted by molar-refractivity contribution is -0.116. The number of anilines is 2. The van der Waals surface area contributed by atoms with Gasteiger partial charge < -0.3 is 19.4 Å². The van der Waals surface area contributed by atoms with E-state index < -0.39 is 0 Å². The Kier molecular flexibility index (Phi) is 6.12. The van der Waals surface area contributed by atoms with Crippen LogP contribution in [0.15, 0.2) is 59.1 Å². The van der Waals surface area contributed by atoms with Gasteiger partial charge in [-0.15, -0.1) is 0 Å². The van der Waals surface area contributed by atoms with E-state index in [1.54, 1.807) is 18.3 Å². The Morgan fingerprint density at radius 2 is 1.79 bits per heavy atom. The molecule has 7 heteroatoms. The number of hydrogen-bond donors (Lipinski definition) is 1. The molecular weight excluding hydrogens is 390 g/mol. The van der Waals surface area contributed by atoms with Crippen LogP contribution in [0.3, 0.4) is 0 Å². The number of hydrogen-bond acceptors (Lipinski definition) is 5. The number of oxazole rings is 1. The van der Waals surface area contributed by atoms with Crippen molar-refractivity contribution in [1.29, 1.82) is 0 Å². The first-order valence-corrected chi connectivity index (χ1v) is 9.98. The second-order valence-corrected chi connectivity index (χ2v) is 7.26. The Labute approximate surface area is 174 Å². The summed E-state index contributed by atoms with van der Waals surface area (Å²) in [7, 11) is 0. The second kappa shape index (κ2) is 9.11. The Morgan fingerprint density at radius 1 is 1.07 bits per heavy atom. The molecule has 1 aromatic heterocycles. The molecule has 0 spiro atoms. The fraction of sp³-hybridized carbons (Fsp3) is 0.273. The second-order valence-electron chi connectivity index (χ2n) is 6.82. The maximum Gasteiger partial charge on any atom is 0.224 e. The summed E-state index contributed by atoms with van der Waals surface area (Å²) >= 11 is 5.91. The van der Waals surface area contributed by atoms with Crippen molar-refractivity contribution >= 4 is 28.9 Å². The fourth-order valence-corrected chi connectivity index (χ4v) is 3.32. The normalized spacial score (nSPS) is 14.0. The zero-order chi connectivity index (χ0) is 20.1. The molecule has 2 heterocycles. The van der Waals surface area contributed by atoms with Crippen molar-refractivity contribution in [3.8, 4) is 11.3 Å². The molecule has 1 aliphatic heterocycles. The van der Waals surface area contributed by atoms with Gasteiger partial charge in [0.15, 0.2) is 11.7 Å². The molecule has 0 unspecified atom stereocenters. The molecule has 29 heavy (non-hydrogen) atoms. The fourth-order valence-electron chi connectivity index (χ4n) is 3.19. The smallest absolute Gasteiger partial charge is 0.224 e. The van der Waals surface area contributed by atoms with Gasteiger partial charge in [-0.05, 0) is 48.5 Å². The van der Waals surface area contributed by atoms with Gasteiger partial charge in [0.25, 0.3) is 0 Å². The number of ether oxygens (including phenoxy) is 1. The van der Waals surface area contributed by atoms with Gasteiger partial charge in [-0.25, -0.2) is 4.98 Å². The van der Waals surface area contributed by atoms with E-state index in [1.807, 2.05) is 36.4 Å². The van der Waals surface area contributed by atoms with E-state index >= 15 is 0 Å². The minimum atomic E-state index is -0.0737. The molecule has 150 valence electrons. The van der Waals surface area contributed by atoms with E-state index in [9.17, 15) is 4.79 Å². The monoisotopic (exact) mass is 411 g/mol. The van der Waals surface area contributed by atoms with E-state index in [0.717, 1.165) is 43.2 Å². The molecule has 6 nitrogen and oxygen atoms in total. The molecule has 0 aliphatic carbocycles. The Balaban J connectivity index is 1.28. The van der Waals surface area contributed by atoms with Crippen LogP contribution < -0.4 is 10.2 Å². The van der Waals surface area contributed by atoms with Crippen molar-refractivity contribution in [2.24, 2.45) is 0 Å². The van der Waals surface area contributed by atoms with Crippen molar-refractivity contribution < 1.29 is 13.9 Å². The summed E-state index contributed by atoms with van der Waals surface area (Å²) in [6, 6.07) is 15.2. The van der Waals surface area contributed by atoms with Crippen LogP contribution in [0.2, 0.25) is 5.02 Å². The molecule has 0 radical (unpaired) electrons. The average Bonchev–Trinajstić information content (AvgIpc) is 3.23. The molecule has 0 atom stereocenters. The van der Waals surface area contributed by atoms with Crippen LogP contribution in [0.5, 0.6) is 0 Å². The summed E-state index contributed by atoms with van der Waals surface area (Å²) in [4.78, 5) is 18.8. The summed E-state index contributed by atoms with van der Waals surface area (Å²) < 4.78 is 11.1. The number of carbonyl (C=O) groups is 1. The van der Waals surface area contributed by atoms with Crippen molar-refractivity contribution in [3.63, 3.8) is 0 Å². The molecule has 0 bridgehead atoms. The van der Waals surface area contributed by atoms with E-state index in [4.69, 9.17) is 20.8 Å². The SMILES string of the molecule is O=C(CCc1ncc(-c2ccc(Cl)cc2)o1)Nc1ccc(N2CCOCC2)cc1. The predicted molar refractivity (Wildman–Crippen MR) is 113 cm³/mol. The molecule has 3 aromatic rings. The van der Waals surface area contributed by atoms with E-state index in [2.05, 4.69) is 15.2 Å². The molecular formula is C22H22ClN3O3. The minimum Gasteiger partial charge on any atom is -0.441 e. The summed E-state index contributed by atoms with van der Waals surface area (Å²) in [6.45, 7) is 3.28. The van der Waals surface area contributed by atoms with E-state index in [1.165, 1.54) is 0 Å². The van der Waals surface area contributed by atoms with E-state index in [-0.39, 0.29) is 5.91 Å². The topological polar surface area (TPSA) is 67.6 Å². The highest BCUT2D eigenvalue weighted by Crippen LogP contribution is 2.23. The lowest BCUT2D eigenvalue weighted by atomic mass is 10.2. The lowest BCUT2D eigenvalue weighted by Gasteiger charge is -2.28. The van der Waals surface area contributed by atoms with Crippen LogP contribution in [0, 0.1) is 0 Å². The number of nitrogens with zero attached hydrogens (tertiary/aromatic N) is 2. The standard InChI is InChI=1S/C22H22ClN3O3/c23-17-3-1-16(2-4-17)20-15-24-22(29-20)10-9-21(27)25-18-5-7-19(8-6-18)26-11-13-28-14-12-26/h1-8,15H,9-14H2,(H,25,27). The third kappa shape index (κ3) is 5.16. The van der Waals surface area contributed by atoms with Crippen LogP contribution in [-0.4, -0.2) is 37.2 Å². The zero-order valence-corrected chi connectivity index (χ0v) is 16.7. The van der Waals surface area contributed by atoms with Crippen LogP contribution in [-0.2, 0) is 16.0 Å². The van der Waals surface area contributed by atoms with Crippen LogP contribution in [0.25, 0.3) is 11.3 Å². The summed E-state index contributed by atoms with van der Waals surface area (Å²) in [6.07, 6.45) is 2.40. The van der Waals surface area contributed by atoms with Crippen LogP contribution in [0.4, 0.5) is 11.4 Å². The van der Waals surface area contributed by atoms with Crippen molar-refractivity contribution in [2.75, 3.05) is 36.5 Å². The molecule has 1 N–H and O–H groups in total. The molecule has 1 fully saturated rings. The number of morpholine rings is 1. The highest BCUT2D eigenvalue weighted by atomic mass is 35.5. The number of amides is 1. The number of aryl methyl sites for hydroxylation is 1. The van der Waals surface area contributed by atoms with Crippen molar-refractivity contribution in [3.05, 3.63) is 65.6 Å². The Morgan fingerprint density at radius 3 is 2.52 bits per heavy atom. The maximum atomic E-state index is 12.3. The van der Waals surface area contributed by atoms with Crippen molar-refractivity contribution in [2.45, 2.75) is 12.8 Å². The highest BCUT2D eigenvalue weighted by Gasteiger charge is 2.12. The number of halogens is 1. The largest absolute Gasteiger partial charge is 0.441 e. The number of aromatic nitrogens is 1. The molecule has 1 aliphatic rings. The molecule has 4 rings (SSSR count). The summed E-state index contributed by atoms with van der Waals surface area (Å²) in [5.41, 5.74) is 2.82. The number of carbonyl (C=O) groups excluding carboxylic acids is 1. The first-order chi connectivity index (χ1) is 14.2. The third-order valence-corrected chi connectivity index (χ3v) is 5.03. The van der Waals surface area contributed by atoms with Crippen LogP contribution in [0.1, 0.15) is 12.3 Å². The minimum absolute atomic E-state index is 0.0737. The molecule has 2 aromatic carbocycles. The zero-order valence-electron chi connectivity index (χ0n) is 15.9. The van der Waals surface area contributed by atoms with Gasteiger partial charge in [0.1, 0.15) is 0 Å². The molecule has 1 amide bonds. The summed E-state index contributed by atoms with van der Waals surface area (Å²) in [5, 5.41) is 3.59. The third-order valence-electron chi connectivity index (χ3n) is 4.78. The van der Waals surface area contributed by atoms with Gasteiger partial charge in [0.2, 0.25) is 5.91 Å². The predicted octanol–water partition coefficient (Wildman–Crippen LogP) is 4.40. The Hall–Kier alpha value is -2.83. The van der Waals surface area contributed by atoms with Crippen LogP contribution >= 0.6 is 11.6 Å². The van der Waals surface area contributed by atoms with Gasteiger partial charge in [-0.3, -0.25) is 4.79 Å². The van der Waals surface area contributed by atoms with Gasteiger partial charge in [0, 0.05) is 47.9 Å². The molecule has 1 saturated heterocycles. The molecule has 0 saturated carbocycles.